The van der Waals surface area contributed by atoms with Crippen LogP contribution in [-0.4, -0.2) is 17.6 Å². The summed E-state index contributed by atoms with van der Waals surface area (Å²) in [6, 6.07) is 6.50. The van der Waals surface area contributed by atoms with Gasteiger partial charge in [0.1, 0.15) is 11.1 Å². The zero-order valence-corrected chi connectivity index (χ0v) is 12.7. The van der Waals surface area contributed by atoms with Crippen LogP contribution < -0.4 is 11.1 Å². The molecule has 1 aromatic rings. The Labute approximate surface area is 123 Å². The molecule has 0 radical (unpaired) electrons. The first-order valence-corrected chi connectivity index (χ1v) is 6.49. The lowest BCUT2D eigenvalue weighted by Crippen LogP contribution is -2.53. The number of nitrogens with one attached hydrogen (secondary N) is 1. The molecule has 0 aromatic heterocycles. The highest BCUT2D eigenvalue weighted by atomic mass is 35.5. The molecule has 0 bridgehead atoms. The van der Waals surface area contributed by atoms with Crippen LogP contribution in [0.3, 0.4) is 0 Å². The van der Waals surface area contributed by atoms with E-state index in [1.807, 2.05) is 0 Å². The van der Waals surface area contributed by atoms with Gasteiger partial charge in [0.15, 0.2) is 0 Å². The fourth-order valence-corrected chi connectivity index (χ4v) is 1.69. The Morgan fingerprint density at radius 2 is 1.65 bits per heavy atom. The second kappa shape index (κ2) is 5.71. The number of rotatable bonds is 3. The number of hydrogen-bond acceptors (Lipinski definition) is 3. The number of nitrogens with two attached hydrogens (primary N) is 1. The predicted molar refractivity (Wildman–Crippen MR) is 77.4 cm³/mol. The topological polar surface area (TPSA) is 81.4 Å². The van der Waals surface area contributed by atoms with Crippen molar-refractivity contribution in [3.05, 3.63) is 34.9 Å². The molecule has 110 valence electrons. The van der Waals surface area contributed by atoms with E-state index in [0.717, 1.165) is 0 Å². The van der Waals surface area contributed by atoms with Gasteiger partial charge in [0, 0.05) is 5.02 Å². The first-order chi connectivity index (χ1) is 9.04. The van der Waals surface area contributed by atoms with Crippen LogP contribution in [0.5, 0.6) is 0 Å². The highest BCUT2D eigenvalue weighted by Crippen LogP contribution is 2.23. The van der Waals surface area contributed by atoms with E-state index in [9.17, 15) is 9.59 Å². The predicted octanol–water partition coefficient (Wildman–Crippen LogP) is 2.57. The Morgan fingerprint density at radius 1 is 1.15 bits per heavy atom. The Balaban J connectivity index is 3.01. The summed E-state index contributed by atoms with van der Waals surface area (Å²) in [6.07, 6.45) is -0.714. The summed E-state index contributed by atoms with van der Waals surface area (Å²) >= 11 is 5.81. The molecule has 0 aliphatic rings. The zero-order valence-electron chi connectivity index (χ0n) is 12.0. The van der Waals surface area contributed by atoms with Crippen molar-refractivity contribution in [1.29, 1.82) is 0 Å². The number of alkyl carbamates (subject to hydrolysis) is 1. The maximum atomic E-state index is 11.9. The third kappa shape index (κ3) is 4.13. The summed E-state index contributed by atoms with van der Waals surface area (Å²) in [4.78, 5) is 23.6. The van der Waals surface area contributed by atoms with E-state index in [4.69, 9.17) is 22.1 Å². The summed E-state index contributed by atoms with van der Waals surface area (Å²) in [5.74, 6) is -0.689. The minimum atomic E-state index is -1.37. The lowest BCUT2D eigenvalue weighted by molar-refractivity contribution is -0.124. The van der Waals surface area contributed by atoms with Crippen LogP contribution >= 0.6 is 11.6 Å². The van der Waals surface area contributed by atoms with Crippen LogP contribution in [0, 0.1) is 0 Å². The molecule has 5 nitrogen and oxygen atoms in total. The van der Waals surface area contributed by atoms with Crippen LogP contribution in [0.25, 0.3) is 0 Å². The molecule has 0 aliphatic carbocycles. The molecule has 0 heterocycles. The van der Waals surface area contributed by atoms with Crippen LogP contribution in [0.2, 0.25) is 5.02 Å². The van der Waals surface area contributed by atoms with Crippen molar-refractivity contribution in [3.8, 4) is 0 Å². The summed E-state index contributed by atoms with van der Waals surface area (Å²) in [5.41, 5.74) is 3.91. The fourth-order valence-electron chi connectivity index (χ4n) is 1.57. The molecule has 2 amide bonds. The van der Waals surface area contributed by atoms with Gasteiger partial charge in [-0.05, 0) is 45.4 Å². The van der Waals surface area contributed by atoms with Gasteiger partial charge in [0.25, 0.3) is 0 Å². The highest BCUT2D eigenvalue weighted by molar-refractivity contribution is 6.30. The van der Waals surface area contributed by atoms with Gasteiger partial charge in [0.2, 0.25) is 5.91 Å². The van der Waals surface area contributed by atoms with E-state index in [1.165, 1.54) is 6.92 Å². The monoisotopic (exact) mass is 298 g/mol. The van der Waals surface area contributed by atoms with E-state index in [0.29, 0.717) is 10.6 Å². The van der Waals surface area contributed by atoms with E-state index < -0.39 is 23.1 Å². The summed E-state index contributed by atoms with van der Waals surface area (Å²) in [6.45, 7) is 6.71. The molecule has 0 fully saturated rings. The maximum Gasteiger partial charge on any atom is 0.408 e. The third-order valence-corrected chi connectivity index (χ3v) is 2.92. The molecular weight excluding hydrogens is 280 g/mol. The quantitative estimate of drug-likeness (QED) is 0.900. The molecule has 1 rings (SSSR count). The van der Waals surface area contributed by atoms with E-state index >= 15 is 0 Å². The molecule has 0 spiro atoms. The number of primary amides is 1. The molecule has 20 heavy (non-hydrogen) atoms. The SMILES string of the molecule is CC(C)(C)OC(=O)N[C@@](C)(C(N)=O)c1ccc(Cl)cc1. The van der Waals surface area contributed by atoms with Gasteiger partial charge in [-0.3, -0.25) is 4.79 Å². The molecule has 1 aromatic carbocycles. The molecule has 0 aliphatic heterocycles. The van der Waals surface area contributed by atoms with Gasteiger partial charge in [-0.15, -0.1) is 0 Å². The van der Waals surface area contributed by atoms with Gasteiger partial charge in [-0.2, -0.15) is 0 Å². The molecular formula is C14H19ClN2O3. The molecule has 0 unspecified atom stereocenters. The first-order valence-electron chi connectivity index (χ1n) is 6.12. The standard InChI is InChI=1S/C14H19ClN2O3/c1-13(2,3)20-12(19)17-14(4,11(16)18)9-5-7-10(15)8-6-9/h5-8H,1-4H3,(H2,16,18)(H,17,19)/t14-/m1/s1. The Kier molecular flexibility index (Phi) is 4.65. The van der Waals surface area contributed by atoms with Crippen molar-refractivity contribution in [1.82, 2.24) is 5.32 Å². The van der Waals surface area contributed by atoms with Gasteiger partial charge < -0.3 is 15.8 Å². The summed E-state index contributed by atoms with van der Waals surface area (Å²) in [5, 5.41) is 3.03. The third-order valence-electron chi connectivity index (χ3n) is 2.67. The average molecular weight is 299 g/mol. The minimum absolute atomic E-state index is 0.526. The van der Waals surface area contributed by atoms with Gasteiger partial charge >= 0.3 is 6.09 Å². The molecule has 1 atom stereocenters. The Morgan fingerprint density at radius 3 is 2.05 bits per heavy atom. The largest absolute Gasteiger partial charge is 0.444 e. The second-order valence-corrected chi connectivity index (χ2v) is 6.06. The number of carbonyl (C=O) groups is 2. The van der Waals surface area contributed by atoms with Gasteiger partial charge in [-0.1, -0.05) is 23.7 Å². The summed E-state index contributed by atoms with van der Waals surface area (Å²) < 4.78 is 5.14. The van der Waals surface area contributed by atoms with Crippen molar-refractivity contribution in [2.45, 2.75) is 38.8 Å². The van der Waals surface area contributed by atoms with Crippen molar-refractivity contribution < 1.29 is 14.3 Å². The lowest BCUT2D eigenvalue weighted by Gasteiger charge is -2.29. The van der Waals surface area contributed by atoms with Crippen LogP contribution in [0.15, 0.2) is 24.3 Å². The van der Waals surface area contributed by atoms with Crippen molar-refractivity contribution in [2.24, 2.45) is 5.73 Å². The van der Waals surface area contributed by atoms with E-state index in [1.54, 1.807) is 45.0 Å². The van der Waals surface area contributed by atoms with E-state index in [2.05, 4.69) is 5.32 Å². The highest BCUT2D eigenvalue weighted by Gasteiger charge is 2.36. The molecule has 6 heteroatoms. The first kappa shape index (κ1) is 16.3. The molecule has 0 saturated carbocycles. The van der Waals surface area contributed by atoms with Crippen molar-refractivity contribution in [2.75, 3.05) is 0 Å². The number of halogens is 1. The summed E-state index contributed by atoms with van der Waals surface area (Å²) in [7, 11) is 0. The normalized spacial score (nSPS) is 14.2. The number of ether oxygens (including phenoxy) is 1. The van der Waals surface area contributed by atoms with Crippen molar-refractivity contribution in [3.63, 3.8) is 0 Å². The van der Waals surface area contributed by atoms with Crippen LogP contribution in [-0.2, 0) is 15.1 Å². The number of hydrogen-bond donors (Lipinski definition) is 2. The van der Waals surface area contributed by atoms with Crippen molar-refractivity contribution >= 4 is 23.6 Å². The van der Waals surface area contributed by atoms with Crippen LogP contribution in [0.4, 0.5) is 4.79 Å². The fraction of sp³-hybridized carbons (Fsp3) is 0.429. The Bertz CT molecular complexity index is 508. The number of benzene rings is 1. The minimum Gasteiger partial charge on any atom is -0.444 e. The molecule has 3 N–H and O–H groups in total. The number of amides is 2. The van der Waals surface area contributed by atoms with Gasteiger partial charge in [-0.25, -0.2) is 4.79 Å². The zero-order chi connectivity index (χ0) is 15.6. The Hall–Kier alpha value is -1.75. The second-order valence-electron chi connectivity index (χ2n) is 5.62. The smallest absolute Gasteiger partial charge is 0.408 e. The van der Waals surface area contributed by atoms with Crippen LogP contribution in [0.1, 0.15) is 33.3 Å². The molecule has 0 saturated heterocycles. The lowest BCUT2D eigenvalue weighted by atomic mass is 9.91. The average Bonchev–Trinajstić information content (AvgIpc) is 2.26. The number of carbonyl (C=O) groups excluding carboxylic acids is 2. The van der Waals surface area contributed by atoms with Gasteiger partial charge in [0.05, 0.1) is 0 Å². The maximum absolute atomic E-state index is 11.9. The van der Waals surface area contributed by atoms with E-state index in [-0.39, 0.29) is 0 Å².